The Morgan fingerprint density at radius 1 is 1.13 bits per heavy atom. The minimum atomic E-state index is -0.237. The lowest BCUT2D eigenvalue weighted by Crippen LogP contribution is -2.30. The first-order chi connectivity index (χ1) is 11.2. The standard InChI is InChI=1S/C17H18N4O2/c22-16(19-11-15-5-1-2-9-18-15)12-4-3-6-14(10-12)21-17(23)20-13-7-8-13/h1-6,9-10,13H,7-8,11H2,(H,19,22)(H2,20,21,23). The highest BCUT2D eigenvalue weighted by molar-refractivity contribution is 5.96. The van der Waals surface area contributed by atoms with E-state index in [2.05, 4.69) is 20.9 Å². The molecule has 1 aromatic heterocycles. The predicted molar refractivity (Wildman–Crippen MR) is 87.0 cm³/mol. The van der Waals surface area contributed by atoms with E-state index in [-0.39, 0.29) is 11.9 Å². The van der Waals surface area contributed by atoms with Gasteiger partial charge in [0.2, 0.25) is 0 Å². The van der Waals surface area contributed by atoms with E-state index >= 15 is 0 Å². The number of aromatic nitrogens is 1. The summed E-state index contributed by atoms with van der Waals surface area (Å²) in [7, 11) is 0. The van der Waals surface area contributed by atoms with E-state index in [0.29, 0.717) is 23.8 Å². The molecule has 0 unspecified atom stereocenters. The first-order valence-corrected chi connectivity index (χ1v) is 7.56. The van der Waals surface area contributed by atoms with E-state index < -0.39 is 0 Å². The molecular formula is C17H18N4O2. The summed E-state index contributed by atoms with van der Waals surface area (Å²) in [6, 6.07) is 12.5. The Morgan fingerprint density at radius 3 is 2.74 bits per heavy atom. The maximum Gasteiger partial charge on any atom is 0.319 e. The second-order valence-electron chi connectivity index (χ2n) is 5.46. The van der Waals surface area contributed by atoms with Crippen molar-refractivity contribution in [2.45, 2.75) is 25.4 Å². The van der Waals surface area contributed by atoms with Crippen LogP contribution in [-0.4, -0.2) is 23.0 Å². The van der Waals surface area contributed by atoms with E-state index in [4.69, 9.17) is 0 Å². The second-order valence-corrected chi connectivity index (χ2v) is 5.46. The highest BCUT2D eigenvalue weighted by atomic mass is 16.2. The van der Waals surface area contributed by atoms with Crippen LogP contribution in [0.1, 0.15) is 28.9 Å². The summed E-state index contributed by atoms with van der Waals surface area (Å²) in [5.74, 6) is -0.207. The van der Waals surface area contributed by atoms with E-state index in [1.165, 1.54) is 0 Å². The van der Waals surface area contributed by atoms with Gasteiger partial charge in [0, 0.05) is 23.5 Å². The highest BCUT2D eigenvalue weighted by Crippen LogP contribution is 2.19. The zero-order valence-corrected chi connectivity index (χ0v) is 12.6. The third kappa shape index (κ3) is 4.54. The molecule has 3 N–H and O–H groups in total. The van der Waals surface area contributed by atoms with Crippen LogP contribution in [0.15, 0.2) is 48.7 Å². The fourth-order valence-corrected chi connectivity index (χ4v) is 2.09. The molecule has 1 aliphatic rings. The fourth-order valence-electron chi connectivity index (χ4n) is 2.09. The van der Waals surface area contributed by atoms with Gasteiger partial charge < -0.3 is 16.0 Å². The summed E-state index contributed by atoms with van der Waals surface area (Å²) in [5, 5.41) is 8.39. The van der Waals surface area contributed by atoms with Crippen LogP contribution in [0.4, 0.5) is 10.5 Å². The Labute approximate surface area is 134 Å². The first-order valence-electron chi connectivity index (χ1n) is 7.56. The number of anilines is 1. The van der Waals surface area contributed by atoms with Gasteiger partial charge in [0.1, 0.15) is 0 Å². The number of urea groups is 1. The number of hydrogen-bond donors (Lipinski definition) is 3. The molecule has 1 aliphatic carbocycles. The smallest absolute Gasteiger partial charge is 0.319 e. The summed E-state index contributed by atoms with van der Waals surface area (Å²) in [6.07, 6.45) is 3.75. The summed E-state index contributed by atoms with van der Waals surface area (Å²) in [6.45, 7) is 0.361. The Morgan fingerprint density at radius 2 is 2.00 bits per heavy atom. The van der Waals surface area contributed by atoms with Crippen molar-refractivity contribution in [2.24, 2.45) is 0 Å². The van der Waals surface area contributed by atoms with Crippen LogP contribution in [0, 0.1) is 0 Å². The molecule has 2 aromatic rings. The average Bonchev–Trinajstić information content (AvgIpc) is 3.37. The normalized spacial score (nSPS) is 13.2. The summed E-state index contributed by atoms with van der Waals surface area (Å²) in [4.78, 5) is 28.1. The second kappa shape index (κ2) is 6.91. The number of nitrogens with zero attached hydrogens (tertiary/aromatic N) is 1. The van der Waals surface area contributed by atoms with Crippen molar-refractivity contribution in [2.75, 3.05) is 5.32 Å². The summed E-state index contributed by atoms with van der Waals surface area (Å²) in [5.41, 5.74) is 1.87. The van der Waals surface area contributed by atoms with Gasteiger partial charge in [-0.2, -0.15) is 0 Å². The SMILES string of the molecule is O=C(Nc1cccc(C(=O)NCc2ccccn2)c1)NC1CC1. The Kier molecular flexibility index (Phi) is 4.52. The predicted octanol–water partition coefficient (Wildman–Crippen LogP) is 2.30. The molecule has 118 valence electrons. The number of nitrogens with one attached hydrogen (secondary N) is 3. The zero-order chi connectivity index (χ0) is 16.1. The first kappa shape index (κ1) is 15.0. The number of carbonyl (C=O) groups is 2. The molecule has 0 aliphatic heterocycles. The lowest BCUT2D eigenvalue weighted by atomic mass is 10.2. The van der Waals surface area contributed by atoms with Gasteiger partial charge >= 0.3 is 6.03 Å². The molecule has 6 nitrogen and oxygen atoms in total. The molecule has 3 amide bonds. The van der Waals surface area contributed by atoms with Crippen LogP contribution in [0.5, 0.6) is 0 Å². The topological polar surface area (TPSA) is 83.1 Å². The van der Waals surface area contributed by atoms with Crippen molar-refractivity contribution in [3.8, 4) is 0 Å². The van der Waals surface area contributed by atoms with E-state index in [1.807, 2.05) is 18.2 Å². The largest absolute Gasteiger partial charge is 0.346 e. The van der Waals surface area contributed by atoms with Gasteiger partial charge in [0.25, 0.3) is 5.91 Å². The van der Waals surface area contributed by atoms with E-state index in [9.17, 15) is 9.59 Å². The monoisotopic (exact) mass is 310 g/mol. The maximum absolute atomic E-state index is 12.2. The summed E-state index contributed by atoms with van der Waals surface area (Å²) < 4.78 is 0. The van der Waals surface area contributed by atoms with Crippen LogP contribution in [0.2, 0.25) is 0 Å². The lowest BCUT2D eigenvalue weighted by Gasteiger charge is -2.09. The number of amides is 3. The molecule has 6 heteroatoms. The summed E-state index contributed by atoms with van der Waals surface area (Å²) >= 11 is 0. The Hall–Kier alpha value is -2.89. The van der Waals surface area contributed by atoms with Gasteiger partial charge in [-0.05, 0) is 43.2 Å². The van der Waals surface area contributed by atoms with Crippen molar-refractivity contribution in [3.05, 3.63) is 59.9 Å². The van der Waals surface area contributed by atoms with Crippen molar-refractivity contribution in [1.29, 1.82) is 0 Å². The molecule has 0 atom stereocenters. The average molecular weight is 310 g/mol. The Balaban J connectivity index is 1.57. The molecule has 0 spiro atoms. The van der Waals surface area contributed by atoms with Crippen LogP contribution < -0.4 is 16.0 Å². The van der Waals surface area contributed by atoms with Crippen LogP contribution in [0.25, 0.3) is 0 Å². The fraction of sp³-hybridized carbons (Fsp3) is 0.235. The zero-order valence-electron chi connectivity index (χ0n) is 12.6. The molecule has 3 rings (SSSR count). The molecule has 1 fully saturated rings. The van der Waals surface area contributed by atoms with Gasteiger partial charge in [-0.1, -0.05) is 12.1 Å². The molecule has 0 saturated heterocycles. The van der Waals surface area contributed by atoms with Gasteiger partial charge in [-0.25, -0.2) is 4.79 Å². The molecular weight excluding hydrogens is 292 g/mol. The van der Waals surface area contributed by atoms with E-state index in [0.717, 1.165) is 18.5 Å². The molecule has 23 heavy (non-hydrogen) atoms. The third-order valence-electron chi connectivity index (χ3n) is 3.45. The molecule has 0 radical (unpaired) electrons. The van der Waals surface area contributed by atoms with Gasteiger partial charge in [-0.3, -0.25) is 9.78 Å². The minimum Gasteiger partial charge on any atom is -0.346 e. The number of pyridine rings is 1. The van der Waals surface area contributed by atoms with E-state index in [1.54, 1.807) is 30.5 Å². The number of carbonyl (C=O) groups excluding carboxylic acids is 2. The maximum atomic E-state index is 12.2. The number of hydrogen-bond acceptors (Lipinski definition) is 3. The van der Waals surface area contributed by atoms with Crippen LogP contribution in [0.3, 0.4) is 0 Å². The lowest BCUT2D eigenvalue weighted by molar-refractivity contribution is 0.0950. The van der Waals surface area contributed by atoms with Crippen LogP contribution in [-0.2, 0) is 6.54 Å². The molecule has 1 heterocycles. The number of benzene rings is 1. The van der Waals surface area contributed by atoms with Gasteiger partial charge in [-0.15, -0.1) is 0 Å². The molecule has 1 aromatic carbocycles. The third-order valence-corrected chi connectivity index (χ3v) is 3.45. The minimum absolute atomic E-state index is 0.207. The molecule has 1 saturated carbocycles. The number of rotatable bonds is 5. The van der Waals surface area contributed by atoms with Gasteiger partial charge in [0.15, 0.2) is 0 Å². The van der Waals surface area contributed by atoms with Gasteiger partial charge in [0.05, 0.1) is 12.2 Å². The molecule has 0 bridgehead atoms. The van der Waals surface area contributed by atoms with Crippen molar-refractivity contribution in [3.63, 3.8) is 0 Å². The van der Waals surface area contributed by atoms with Crippen LogP contribution >= 0.6 is 0 Å². The van der Waals surface area contributed by atoms with Crippen molar-refractivity contribution in [1.82, 2.24) is 15.6 Å². The highest BCUT2D eigenvalue weighted by Gasteiger charge is 2.23. The van der Waals surface area contributed by atoms with Crippen molar-refractivity contribution >= 4 is 17.6 Å². The Bertz CT molecular complexity index is 699. The van der Waals surface area contributed by atoms with Crippen molar-refractivity contribution < 1.29 is 9.59 Å². The quantitative estimate of drug-likeness (QED) is 0.792.